The van der Waals surface area contributed by atoms with Crippen LogP contribution in [-0.2, 0) is 14.4 Å². The Morgan fingerprint density at radius 2 is 2.06 bits per heavy atom. The van der Waals surface area contributed by atoms with Crippen molar-refractivity contribution in [2.45, 2.75) is 33.2 Å². The Hall–Kier alpha value is -1.59. The predicted octanol–water partition coefficient (Wildman–Crippen LogP) is -0.262. The lowest BCUT2D eigenvalue weighted by atomic mass is 9.86. The number of hydrogen-bond donors (Lipinski definition) is 3. The molecule has 6 heteroatoms. The molecule has 1 fully saturated rings. The van der Waals surface area contributed by atoms with Gasteiger partial charge in [0.25, 0.3) is 0 Å². The molecule has 1 aliphatic heterocycles. The third-order valence-electron chi connectivity index (χ3n) is 2.75. The number of nitrogens with one attached hydrogen (secondary N) is 2. The summed E-state index contributed by atoms with van der Waals surface area (Å²) >= 11 is 0. The van der Waals surface area contributed by atoms with Crippen LogP contribution in [0.2, 0.25) is 0 Å². The van der Waals surface area contributed by atoms with Gasteiger partial charge in [-0.15, -0.1) is 0 Å². The Labute approximate surface area is 99.8 Å². The van der Waals surface area contributed by atoms with Crippen LogP contribution in [0.5, 0.6) is 0 Å². The molecule has 0 aromatic carbocycles. The van der Waals surface area contributed by atoms with E-state index in [1.54, 1.807) is 20.8 Å². The first-order valence-electron chi connectivity index (χ1n) is 5.51. The number of carbonyl (C=O) groups excluding carboxylic acids is 2. The molecule has 0 spiro atoms. The molecule has 1 saturated heterocycles. The smallest absolute Gasteiger partial charge is 0.326 e. The van der Waals surface area contributed by atoms with Gasteiger partial charge in [0.05, 0.1) is 5.92 Å². The topological polar surface area (TPSA) is 95.5 Å². The molecule has 1 heterocycles. The number of amides is 2. The molecular formula is C11H18N2O4. The van der Waals surface area contributed by atoms with E-state index in [1.165, 1.54) is 0 Å². The van der Waals surface area contributed by atoms with Gasteiger partial charge < -0.3 is 15.7 Å². The van der Waals surface area contributed by atoms with Crippen LogP contribution in [0, 0.1) is 11.3 Å². The van der Waals surface area contributed by atoms with Crippen molar-refractivity contribution in [1.29, 1.82) is 0 Å². The molecule has 3 N–H and O–H groups in total. The van der Waals surface area contributed by atoms with Gasteiger partial charge in [-0.2, -0.15) is 0 Å². The first-order valence-corrected chi connectivity index (χ1v) is 5.51. The SMILES string of the molecule is CC(C)(C)C(NC(=O)C1CNC(=O)C1)C(=O)O. The summed E-state index contributed by atoms with van der Waals surface area (Å²) in [7, 11) is 0. The zero-order chi connectivity index (χ0) is 13.2. The number of carboxylic acids is 1. The standard InChI is InChI=1S/C11H18N2O4/c1-11(2,3)8(10(16)17)13-9(15)6-4-7(14)12-5-6/h6,8H,4-5H2,1-3H3,(H,12,14)(H,13,15)(H,16,17). The van der Waals surface area contributed by atoms with Gasteiger partial charge in [-0.3, -0.25) is 9.59 Å². The minimum absolute atomic E-state index is 0.127. The van der Waals surface area contributed by atoms with E-state index in [0.29, 0.717) is 0 Å². The van der Waals surface area contributed by atoms with Crippen LogP contribution in [0.3, 0.4) is 0 Å². The highest BCUT2D eigenvalue weighted by molar-refractivity contribution is 5.91. The largest absolute Gasteiger partial charge is 0.480 e. The summed E-state index contributed by atoms with van der Waals surface area (Å²) in [5.41, 5.74) is -0.572. The van der Waals surface area contributed by atoms with Gasteiger partial charge in [0, 0.05) is 13.0 Å². The fourth-order valence-corrected chi connectivity index (χ4v) is 1.70. The van der Waals surface area contributed by atoms with Crippen molar-refractivity contribution in [3.05, 3.63) is 0 Å². The van der Waals surface area contributed by atoms with Crippen LogP contribution < -0.4 is 10.6 Å². The molecule has 0 aromatic heterocycles. The third kappa shape index (κ3) is 3.44. The summed E-state index contributed by atoms with van der Waals surface area (Å²) < 4.78 is 0. The zero-order valence-corrected chi connectivity index (χ0v) is 10.2. The molecule has 0 aliphatic carbocycles. The maximum Gasteiger partial charge on any atom is 0.326 e. The highest BCUT2D eigenvalue weighted by atomic mass is 16.4. The molecule has 17 heavy (non-hydrogen) atoms. The summed E-state index contributed by atoms with van der Waals surface area (Å²) in [6, 6.07) is -0.953. The highest BCUT2D eigenvalue weighted by Gasteiger charge is 2.36. The number of aliphatic carboxylic acids is 1. The highest BCUT2D eigenvalue weighted by Crippen LogP contribution is 2.20. The molecular weight excluding hydrogens is 224 g/mol. The summed E-state index contributed by atoms with van der Waals surface area (Å²) in [6.07, 6.45) is 0.127. The van der Waals surface area contributed by atoms with E-state index >= 15 is 0 Å². The van der Waals surface area contributed by atoms with Crippen LogP contribution in [0.25, 0.3) is 0 Å². The fourth-order valence-electron chi connectivity index (χ4n) is 1.70. The van der Waals surface area contributed by atoms with E-state index in [-0.39, 0.29) is 24.8 Å². The summed E-state index contributed by atoms with van der Waals surface area (Å²) in [5, 5.41) is 14.1. The molecule has 6 nitrogen and oxygen atoms in total. The average molecular weight is 242 g/mol. The maximum atomic E-state index is 11.8. The Morgan fingerprint density at radius 1 is 1.47 bits per heavy atom. The Morgan fingerprint density at radius 3 is 2.41 bits per heavy atom. The summed E-state index contributed by atoms with van der Waals surface area (Å²) in [6.45, 7) is 5.50. The van der Waals surface area contributed by atoms with Gasteiger partial charge in [0.2, 0.25) is 11.8 Å². The lowest BCUT2D eigenvalue weighted by Crippen LogP contribution is -2.51. The van der Waals surface area contributed by atoms with Crippen molar-refractivity contribution in [2.75, 3.05) is 6.54 Å². The van der Waals surface area contributed by atoms with Crippen molar-refractivity contribution in [2.24, 2.45) is 11.3 Å². The lowest BCUT2D eigenvalue weighted by Gasteiger charge is -2.28. The number of carbonyl (C=O) groups is 3. The van der Waals surface area contributed by atoms with Crippen molar-refractivity contribution < 1.29 is 19.5 Å². The Kier molecular flexibility index (Phi) is 3.75. The monoisotopic (exact) mass is 242 g/mol. The molecule has 1 rings (SSSR count). The van der Waals surface area contributed by atoms with E-state index in [0.717, 1.165) is 0 Å². The first-order chi connectivity index (χ1) is 7.71. The normalized spacial score (nSPS) is 21.8. The minimum atomic E-state index is -1.07. The summed E-state index contributed by atoms with van der Waals surface area (Å²) in [5.74, 6) is -2.09. The zero-order valence-electron chi connectivity index (χ0n) is 10.2. The summed E-state index contributed by atoms with van der Waals surface area (Å²) in [4.78, 5) is 33.8. The van der Waals surface area contributed by atoms with Gasteiger partial charge in [-0.05, 0) is 5.41 Å². The molecule has 96 valence electrons. The van der Waals surface area contributed by atoms with Gasteiger partial charge in [0.15, 0.2) is 0 Å². The van der Waals surface area contributed by atoms with Crippen LogP contribution in [-0.4, -0.2) is 35.5 Å². The van der Waals surface area contributed by atoms with E-state index < -0.39 is 23.3 Å². The molecule has 0 saturated carbocycles. The van der Waals surface area contributed by atoms with Crippen molar-refractivity contribution >= 4 is 17.8 Å². The minimum Gasteiger partial charge on any atom is -0.480 e. The Balaban J connectivity index is 2.65. The Bertz CT molecular complexity index is 346. The molecule has 2 unspecified atom stereocenters. The molecule has 1 aliphatic rings. The maximum absolute atomic E-state index is 11.8. The molecule has 0 bridgehead atoms. The van der Waals surface area contributed by atoms with Gasteiger partial charge in [-0.25, -0.2) is 4.79 Å². The molecule has 0 aromatic rings. The van der Waals surface area contributed by atoms with E-state index in [4.69, 9.17) is 5.11 Å². The second-order valence-corrected chi connectivity index (χ2v) is 5.35. The van der Waals surface area contributed by atoms with Crippen LogP contribution in [0.1, 0.15) is 27.2 Å². The predicted molar refractivity (Wildman–Crippen MR) is 60.1 cm³/mol. The van der Waals surface area contributed by atoms with Gasteiger partial charge in [0.1, 0.15) is 6.04 Å². The van der Waals surface area contributed by atoms with E-state index in [2.05, 4.69) is 10.6 Å². The number of rotatable bonds is 3. The average Bonchev–Trinajstić information content (AvgIpc) is 2.58. The number of carboxylic acid groups (broad SMARTS) is 1. The number of hydrogen-bond acceptors (Lipinski definition) is 3. The second kappa shape index (κ2) is 4.73. The first kappa shape index (κ1) is 13.5. The van der Waals surface area contributed by atoms with Crippen molar-refractivity contribution in [3.8, 4) is 0 Å². The van der Waals surface area contributed by atoms with Crippen LogP contribution in [0.15, 0.2) is 0 Å². The third-order valence-corrected chi connectivity index (χ3v) is 2.75. The fraction of sp³-hybridized carbons (Fsp3) is 0.727. The van der Waals surface area contributed by atoms with E-state index in [9.17, 15) is 14.4 Å². The molecule has 2 atom stereocenters. The van der Waals surface area contributed by atoms with Crippen LogP contribution in [0.4, 0.5) is 0 Å². The second-order valence-electron chi connectivity index (χ2n) is 5.35. The quantitative estimate of drug-likeness (QED) is 0.635. The lowest BCUT2D eigenvalue weighted by molar-refractivity contribution is -0.145. The molecule has 2 amide bonds. The molecule has 0 radical (unpaired) electrons. The van der Waals surface area contributed by atoms with Crippen molar-refractivity contribution in [3.63, 3.8) is 0 Å². The van der Waals surface area contributed by atoms with Crippen molar-refractivity contribution in [1.82, 2.24) is 10.6 Å². The van der Waals surface area contributed by atoms with Gasteiger partial charge in [-0.1, -0.05) is 20.8 Å². The van der Waals surface area contributed by atoms with E-state index in [1.807, 2.05) is 0 Å². The van der Waals surface area contributed by atoms with Crippen LogP contribution >= 0.6 is 0 Å². The van der Waals surface area contributed by atoms with Gasteiger partial charge >= 0.3 is 5.97 Å².